The van der Waals surface area contributed by atoms with E-state index < -0.39 is 64.6 Å². The van der Waals surface area contributed by atoms with Gasteiger partial charge in [0.05, 0.1) is 18.1 Å². The molecule has 1 saturated heterocycles. The molecular weight excluding hydrogens is 558 g/mol. The Morgan fingerprint density at radius 3 is 2.21 bits per heavy atom. The summed E-state index contributed by atoms with van der Waals surface area (Å²) >= 11 is 0. The van der Waals surface area contributed by atoms with Gasteiger partial charge in [-0.2, -0.15) is 0 Å². The molecule has 11 nitrogen and oxygen atoms in total. The van der Waals surface area contributed by atoms with Crippen LogP contribution in [0.5, 0.6) is 0 Å². The number of carbonyl (C=O) groups excluding carboxylic acids is 5. The van der Waals surface area contributed by atoms with Crippen LogP contribution in [-0.2, 0) is 42.9 Å². The summed E-state index contributed by atoms with van der Waals surface area (Å²) in [6.45, 7) is 11.3. The first-order valence-corrected chi connectivity index (χ1v) is 14.6. The monoisotopic (exact) mass is 597 g/mol. The Bertz CT molecular complexity index is 1380. The van der Waals surface area contributed by atoms with E-state index in [-0.39, 0.29) is 35.8 Å². The van der Waals surface area contributed by atoms with Crippen molar-refractivity contribution in [2.45, 2.75) is 96.7 Å². The van der Waals surface area contributed by atoms with E-state index in [1.165, 1.54) is 46.2 Å². The SMILES string of the molecule is CC(=O)O[C@@H]1[C@H]2[C@@H](OC(=O)c3cccnc3)[C@@](C)(OC(C)=O)C[C@]2(OC(C)=O)C(=O)C(C)=C[C@@H]2[C@H](CC[C@@]13CO3)C2(C)C. The fourth-order valence-electron chi connectivity index (χ4n) is 7.67. The number of epoxide rings is 1. The van der Waals surface area contributed by atoms with Crippen molar-refractivity contribution in [1.29, 1.82) is 0 Å². The van der Waals surface area contributed by atoms with Crippen molar-refractivity contribution in [1.82, 2.24) is 4.98 Å². The van der Waals surface area contributed by atoms with E-state index in [9.17, 15) is 24.0 Å². The highest BCUT2D eigenvalue weighted by atomic mass is 16.6. The maximum absolute atomic E-state index is 14.7. The highest BCUT2D eigenvalue weighted by molar-refractivity contribution is 6.03. The van der Waals surface area contributed by atoms with E-state index in [0.717, 1.165) is 6.42 Å². The average molecular weight is 598 g/mol. The van der Waals surface area contributed by atoms with Crippen LogP contribution in [0.25, 0.3) is 0 Å². The predicted molar refractivity (Wildman–Crippen MR) is 149 cm³/mol. The van der Waals surface area contributed by atoms with Gasteiger partial charge in [-0.25, -0.2) is 4.79 Å². The van der Waals surface area contributed by atoms with Crippen LogP contribution >= 0.6 is 0 Å². The zero-order chi connectivity index (χ0) is 31.5. The molecule has 3 aliphatic carbocycles. The number of esters is 4. The average Bonchev–Trinajstić information content (AvgIpc) is 3.77. The Balaban J connectivity index is 1.75. The normalized spacial score (nSPS) is 37.5. The van der Waals surface area contributed by atoms with E-state index in [1.54, 1.807) is 13.0 Å². The number of pyridine rings is 1. The van der Waals surface area contributed by atoms with Gasteiger partial charge in [-0.05, 0) is 61.6 Å². The topological polar surface area (TPSA) is 148 Å². The van der Waals surface area contributed by atoms with E-state index in [1.807, 2.05) is 6.08 Å². The van der Waals surface area contributed by atoms with Crippen molar-refractivity contribution >= 4 is 29.7 Å². The van der Waals surface area contributed by atoms with Crippen molar-refractivity contribution < 1.29 is 47.7 Å². The molecule has 1 spiro atoms. The quantitative estimate of drug-likeness (QED) is 0.279. The summed E-state index contributed by atoms with van der Waals surface area (Å²) in [6, 6.07) is 3.07. The zero-order valence-electron chi connectivity index (χ0n) is 25.6. The molecule has 1 aliphatic heterocycles. The zero-order valence-corrected chi connectivity index (χ0v) is 25.6. The lowest BCUT2D eigenvalue weighted by molar-refractivity contribution is -0.188. The van der Waals surface area contributed by atoms with Crippen LogP contribution in [0, 0.1) is 23.2 Å². The summed E-state index contributed by atoms with van der Waals surface area (Å²) in [4.78, 5) is 70.3. The Labute approximate surface area is 250 Å². The molecule has 1 aromatic rings. The van der Waals surface area contributed by atoms with Crippen LogP contribution in [0.3, 0.4) is 0 Å². The highest BCUT2D eigenvalue weighted by Gasteiger charge is 2.75. The Morgan fingerprint density at radius 1 is 0.977 bits per heavy atom. The number of nitrogens with zero attached hydrogens (tertiary/aromatic N) is 1. The summed E-state index contributed by atoms with van der Waals surface area (Å²) in [5.41, 5.74) is -4.35. The molecule has 11 heteroatoms. The lowest BCUT2D eigenvalue weighted by Crippen LogP contribution is -2.58. The minimum absolute atomic E-state index is 0.0779. The number of fused-ring (bicyclic) bond motifs is 2. The smallest absolute Gasteiger partial charge is 0.340 e. The molecule has 43 heavy (non-hydrogen) atoms. The third kappa shape index (κ3) is 5.36. The minimum Gasteiger partial charge on any atom is -0.459 e. The first-order valence-electron chi connectivity index (χ1n) is 14.6. The summed E-state index contributed by atoms with van der Waals surface area (Å²) in [7, 11) is 0. The predicted octanol–water partition coefficient (Wildman–Crippen LogP) is 3.53. The molecule has 2 heterocycles. The third-order valence-corrected chi connectivity index (χ3v) is 9.76. The van der Waals surface area contributed by atoms with Crippen molar-refractivity contribution in [2.75, 3.05) is 6.61 Å². The number of allylic oxidation sites excluding steroid dienone is 1. The van der Waals surface area contributed by atoms with Gasteiger partial charge >= 0.3 is 23.9 Å². The number of aromatic nitrogens is 1. The van der Waals surface area contributed by atoms with Gasteiger partial charge in [0.1, 0.15) is 11.7 Å². The molecule has 4 aliphatic rings. The van der Waals surface area contributed by atoms with Crippen LogP contribution in [0.1, 0.15) is 78.1 Å². The molecule has 3 fully saturated rings. The largest absolute Gasteiger partial charge is 0.459 e. The van der Waals surface area contributed by atoms with E-state index in [2.05, 4.69) is 18.8 Å². The molecule has 0 bridgehead atoms. The lowest BCUT2D eigenvalue weighted by Gasteiger charge is -2.41. The van der Waals surface area contributed by atoms with E-state index in [0.29, 0.717) is 12.0 Å². The number of rotatable bonds is 5. The van der Waals surface area contributed by atoms with Gasteiger partial charge in [0, 0.05) is 39.6 Å². The minimum atomic E-state index is -2.03. The second kappa shape index (κ2) is 10.5. The van der Waals surface area contributed by atoms with Crippen LogP contribution in [0.4, 0.5) is 0 Å². The maximum atomic E-state index is 14.7. The molecule has 2 saturated carbocycles. The molecule has 232 valence electrons. The molecule has 5 rings (SSSR count). The van der Waals surface area contributed by atoms with Crippen LogP contribution < -0.4 is 0 Å². The third-order valence-electron chi connectivity index (χ3n) is 9.76. The van der Waals surface area contributed by atoms with Crippen molar-refractivity contribution in [3.8, 4) is 0 Å². The molecule has 8 atom stereocenters. The van der Waals surface area contributed by atoms with Crippen molar-refractivity contribution in [3.63, 3.8) is 0 Å². The number of carbonyl (C=O) groups is 5. The molecule has 0 N–H and O–H groups in total. The Kier molecular flexibility index (Phi) is 7.56. The number of hydrogen-bond acceptors (Lipinski definition) is 11. The standard InChI is InChI=1S/C32H39NO10/c1-17-13-23-22(29(23,5)6)10-11-31(16-39-31)27(40-18(2)34)24-26(41-28(38)21-9-8-12-33-14-21)30(7,42-19(3)35)15-32(24,25(17)37)43-20(4)36/h8-9,12-14,22-24,26-27H,10-11,15-16H2,1-7H3/t22-,23+,24+,26+,27+,30-,31+,32+/m0/s1. The molecule has 0 radical (unpaired) electrons. The summed E-state index contributed by atoms with van der Waals surface area (Å²) in [6.07, 6.45) is 3.01. The Morgan fingerprint density at radius 2 is 1.65 bits per heavy atom. The van der Waals surface area contributed by atoms with Crippen LogP contribution in [0.15, 0.2) is 36.2 Å². The lowest BCUT2D eigenvalue weighted by atomic mass is 9.74. The number of ketones is 1. The van der Waals surface area contributed by atoms with Gasteiger partial charge in [0.25, 0.3) is 0 Å². The number of ether oxygens (including phenoxy) is 5. The first kappa shape index (κ1) is 30.8. The maximum Gasteiger partial charge on any atom is 0.340 e. The van der Waals surface area contributed by atoms with Crippen molar-refractivity contribution in [2.24, 2.45) is 23.2 Å². The summed E-state index contributed by atoms with van der Waals surface area (Å²) < 4.78 is 30.0. The van der Waals surface area contributed by atoms with Gasteiger partial charge < -0.3 is 23.7 Å². The number of hydrogen-bond donors (Lipinski definition) is 0. The van der Waals surface area contributed by atoms with Gasteiger partial charge in [-0.3, -0.25) is 24.2 Å². The number of Topliss-reactive ketones (excluding diaryl/α,β-unsaturated/α-hetero) is 1. The van der Waals surface area contributed by atoms with Crippen molar-refractivity contribution in [3.05, 3.63) is 41.7 Å². The fraction of sp³-hybridized carbons (Fsp3) is 0.625. The molecule has 0 aromatic carbocycles. The molecule has 0 amide bonds. The van der Waals surface area contributed by atoms with Gasteiger partial charge in [0.15, 0.2) is 17.3 Å². The second-order valence-corrected chi connectivity index (χ2v) is 13.2. The van der Waals surface area contributed by atoms with Gasteiger partial charge in [-0.1, -0.05) is 19.9 Å². The molecular formula is C32H39NO10. The van der Waals surface area contributed by atoms with E-state index >= 15 is 0 Å². The first-order chi connectivity index (χ1) is 20.1. The summed E-state index contributed by atoms with van der Waals surface area (Å²) in [5, 5.41) is 0. The summed E-state index contributed by atoms with van der Waals surface area (Å²) in [5.74, 6) is -4.43. The molecule has 1 aromatic heterocycles. The van der Waals surface area contributed by atoms with E-state index in [4.69, 9.17) is 23.7 Å². The van der Waals surface area contributed by atoms with Gasteiger partial charge in [0.2, 0.25) is 5.78 Å². The highest BCUT2D eigenvalue weighted by Crippen LogP contribution is 2.64. The van der Waals surface area contributed by atoms with Crippen LogP contribution in [0.2, 0.25) is 0 Å². The van der Waals surface area contributed by atoms with Gasteiger partial charge in [-0.15, -0.1) is 0 Å². The molecule has 0 unspecified atom stereocenters. The Hall–Kier alpha value is -3.60. The van der Waals surface area contributed by atoms with Crippen LogP contribution in [-0.4, -0.2) is 70.3 Å². The fourth-order valence-corrected chi connectivity index (χ4v) is 7.67. The second-order valence-electron chi connectivity index (χ2n) is 13.2.